The van der Waals surface area contributed by atoms with Crippen molar-refractivity contribution < 1.29 is 4.74 Å². The number of ether oxygens (including phenoxy) is 1. The molecule has 3 rings (SSSR count). The molecule has 2 aliphatic rings. The van der Waals surface area contributed by atoms with E-state index in [2.05, 4.69) is 17.4 Å². The van der Waals surface area contributed by atoms with E-state index in [1.807, 2.05) is 18.2 Å². The second kappa shape index (κ2) is 7.13. The summed E-state index contributed by atoms with van der Waals surface area (Å²) >= 11 is 6.43. The molecule has 1 aromatic carbocycles. The Morgan fingerprint density at radius 2 is 1.90 bits per heavy atom. The fourth-order valence-electron chi connectivity index (χ4n) is 3.75. The summed E-state index contributed by atoms with van der Waals surface area (Å²) in [7, 11) is 0. The molecule has 116 valence electrons. The Hall–Kier alpha value is -0.570. The average molecular weight is 308 g/mol. The molecule has 1 spiro atoms. The standard InChI is InChI=1S/C18H26ClNO/c19-17(15-7-3-1-4-8-15)14-20-13-16-9-12-18(21-16)10-5-2-6-11-18/h1,3-4,7-8,16-17,20H,2,5-6,9-14H2. The van der Waals surface area contributed by atoms with Crippen molar-refractivity contribution in [3.8, 4) is 0 Å². The van der Waals surface area contributed by atoms with E-state index in [1.165, 1.54) is 50.5 Å². The van der Waals surface area contributed by atoms with Gasteiger partial charge in [0.1, 0.15) is 0 Å². The molecule has 1 aromatic rings. The lowest BCUT2D eigenvalue weighted by Crippen LogP contribution is -2.35. The Bertz CT molecular complexity index is 430. The van der Waals surface area contributed by atoms with Crippen LogP contribution in [0.15, 0.2) is 30.3 Å². The summed E-state index contributed by atoms with van der Waals surface area (Å²) < 4.78 is 6.37. The van der Waals surface area contributed by atoms with Crippen LogP contribution < -0.4 is 5.32 Å². The zero-order valence-electron chi connectivity index (χ0n) is 12.7. The second-order valence-corrected chi connectivity index (χ2v) is 7.09. The predicted octanol–water partition coefficient (Wildman–Crippen LogP) is 4.44. The zero-order chi connectivity index (χ0) is 14.5. The number of benzene rings is 1. The van der Waals surface area contributed by atoms with Crippen molar-refractivity contribution in [3.05, 3.63) is 35.9 Å². The van der Waals surface area contributed by atoms with Crippen molar-refractivity contribution in [2.45, 2.75) is 62.0 Å². The quantitative estimate of drug-likeness (QED) is 0.812. The fraction of sp³-hybridized carbons (Fsp3) is 0.667. The molecule has 0 aromatic heterocycles. The van der Waals surface area contributed by atoms with E-state index in [0.29, 0.717) is 6.10 Å². The van der Waals surface area contributed by atoms with Crippen molar-refractivity contribution in [2.24, 2.45) is 0 Å². The monoisotopic (exact) mass is 307 g/mol. The highest BCUT2D eigenvalue weighted by Crippen LogP contribution is 2.41. The molecule has 1 saturated heterocycles. The Morgan fingerprint density at radius 3 is 2.67 bits per heavy atom. The summed E-state index contributed by atoms with van der Waals surface area (Å²) in [6, 6.07) is 10.3. The third kappa shape index (κ3) is 4.00. The van der Waals surface area contributed by atoms with E-state index in [9.17, 15) is 0 Å². The molecule has 1 heterocycles. The highest BCUT2D eigenvalue weighted by Gasteiger charge is 2.40. The van der Waals surface area contributed by atoms with E-state index in [4.69, 9.17) is 16.3 Å². The molecule has 0 amide bonds. The van der Waals surface area contributed by atoms with Gasteiger partial charge in [0.25, 0.3) is 0 Å². The van der Waals surface area contributed by atoms with Gasteiger partial charge in [0, 0.05) is 13.1 Å². The van der Waals surface area contributed by atoms with Gasteiger partial charge in [-0.05, 0) is 31.2 Å². The first-order valence-electron chi connectivity index (χ1n) is 8.35. The number of hydrogen-bond donors (Lipinski definition) is 1. The van der Waals surface area contributed by atoms with Crippen LogP contribution in [0, 0.1) is 0 Å². The average Bonchev–Trinajstić information content (AvgIpc) is 2.91. The molecule has 0 radical (unpaired) electrons. The molecule has 1 aliphatic carbocycles. The molecule has 2 nitrogen and oxygen atoms in total. The van der Waals surface area contributed by atoms with E-state index in [1.54, 1.807) is 0 Å². The largest absolute Gasteiger partial charge is 0.370 e. The van der Waals surface area contributed by atoms with Crippen LogP contribution in [0.2, 0.25) is 0 Å². The van der Waals surface area contributed by atoms with Gasteiger partial charge in [0.05, 0.1) is 17.1 Å². The van der Waals surface area contributed by atoms with Crippen molar-refractivity contribution >= 4 is 11.6 Å². The van der Waals surface area contributed by atoms with Crippen LogP contribution in [0.1, 0.15) is 55.9 Å². The summed E-state index contributed by atoms with van der Waals surface area (Å²) in [6.45, 7) is 1.73. The van der Waals surface area contributed by atoms with Gasteiger partial charge in [0.15, 0.2) is 0 Å². The fourth-order valence-corrected chi connectivity index (χ4v) is 4.01. The lowest BCUT2D eigenvalue weighted by Gasteiger charge is -2.33. The van der Waals surface area contributed by atoms with Crippen LogP contribution in [0.5, 0.6) is 0 Å². The zero-order valence-corrected chi connectivity index (χ0v) is 13.4. The molecule has 3 heteroatoms. The Morgan fingerprint density at radius 1 is 1.14 bits per heavy atom. The smallest absolute Gasteiger partial charge is 0.0709 e. The minimum absolute atomic E-state index is 0.0382. The molecule has 1 aliphatic heterocycles. The predicted molar refractivity (Wildman–Crippen MR) is 87.8 cm³/mol. The first-order chi connectivity index (χ1) is 10.3. The van der Waals surface area contributed by atoms with Crippen molar-refractivity contribution in [1.82, 2.24) is 5.32 Å². The molecule has 0 bridgehead atoms. The van der Waals surface area contributed by atoms with Gasteiger partial charge in [0.2, 0.25) is 0 Å². The second-order valence-electron chi connectivity index (χ2n) is 6.56. The van der Waals surface area contributed by atoms with Crippen LogP contribution in [0.25, 0.3) is 0 Å². The normalized spacial score (nSPS) is 26.0. The lowest BCUT2D eigenvalue weighted by molar-refractivity contribution is -0.0622. The summed E-state index contributed by atoms with van der Waals surface area (Å²) in [6.07, 6.45) is 9.45. The van der Waals surface area contributed by atoms with Crippen molar-refractivity contribution in [2.75, 3.05) is 13.1 Å². The molecule has 2 atom stereocenters. The van der Waals surface area contributed by atoms with Crippen LogP contribution in [0.3, 0.4) is 0 Å². The number of rotatable bonds is 5. The maximum atomic E-state index is 6.43. The van der Waals surface area contributed by atoms with Crippen molar-refractivity contribution in [3.63, 3.8) is 0 Å². The molecular formula is C18H26ClNO. The molecule has 21 heavy (non-hydrogen) atoms. The lowest BCUT2D eigenvalue weighted by atomic mass is 9.83. The van der Waals surface area contributed by atoms with Crippen LogP contribution in [-0.2, 0) is 4.74 Å². The van der Waals surface area contributed by atoms with E-state index in [-0.39, 0.29) is 11.0 Å². The van der Waals surface area contributed by atoms with Gasteiger partial charge < -0.3 is 10.1 Å². The van der Waals surface area contributed by atoms with Gasteiger partial charge in [-0.15, -0.1) is 11.6 Å². The van der Waals surface area contributed by atoms with Crippen LogP contribution in [-0.4, -0.2) is 24.8 Å². The first-order valence-corrected chi connectivity index (χ1v) is 8.79. The van der Waals surface area contributed by atoms with E-state index >= 15 is 0 Å². The van der Waals surface area contributed by atoms with Gasteiger partial charge in [-0.3, -0.25) is 0 Å². The minimum atomic E-state index is 0.0382. The summed E-state index contributed by atoms with van der Waals surface area (Å²) in [5.41, 5.74) is 1.41. The third-order valence-electron chi connectivity index (χ3n) is 4.96. The van der Waals surface area contributed by atoms with Crippen LogP contribution >= 0.6 is 11.6 Å². The molecule has 2 fully saturated rings. The van der Waals surface area contributed by atoms with Crippen LogP contribution in [0.4, 0.5) is 0 Å². The summed E-state index contributed by atoms with van der Waals surface area (Å²) in [5.74, 6) is 0. The Balaban J connectivity index is 1.40. The molecular weight excluding hydrogens is 282 g/mol. The summed E-state index contributed by atoms with van der Waals surface area (Å²) in [5, 5.41) is 3.53. The topological polar surface area (TPSA) is 21.3 Å². The number of hydrogen-bond acceptors (Lipinski definition) is 2. The van der Waals surface area contributed by atoms with Gasteiger partial charge >= 0.3 is 0 Å². The van der Waals surface area contributed by atoms with Gasteiger partial charge in [-0.25, -0.2) is 0 Å². The maximum absolute atomic E-state index is 6.43. The maximum Gasteiger partial charge on any atom is 0.0709 e. The third-order valence-corrected chi connectivity index (χ3v) is 5.37. The van der Waals surface area contributed by atoms with Crippen molar-refractivity contribution in [1.29, 1.82) is 0 Å². The highest BCUT2D eigenvalue weighted by atomic mass is 35.5. The molecule has 1 N–H and O–H groups in total. The van der Waals surface area contributed by atoms with E-state index < -0.39 is 0 Å². The van der Waals surface area contributed by atoms with Gasteiger partial charge in [-0.2, -0.15) is 0 Å². The molecule has 1 saturated carbocycles. The minimum Gasteiger partial charge on any atom is -0.370 e. The number of nitrogens with one attached hydrogen (secondary N) is 1. The Kier molecular flexibility index (Phi) is 5.20. The first kappa shape index (κ1) is 15.3. The Labute approximate surface area is 133 Å². The SMILES string of the molecule is ClC(CNCC1CCC2(CCCCC2)O1)c1ccccc1. The van der Waals surface area contributed by atoms with Gasteiger partial charge in [-0.1, -0.05) is 49.6 Å². The summed E-state index contributed by atoms with van der Waals surface area (Å²) in [4.78, 5) is 0. The highest BCUT2D eigenvalue weighted by molar-refractivity contribution is 6.21. The van der Waals surface area contributed by atoms with E-state index in [0.717, 1.165) is 13.1 Å². The number of alkyl halides is 1. The molecule has 2 unspecified atom stereocenters. The number of halogens is 1.